The molecule has 0 aliphatic carbocycles. The van der Waals surface area contributed by atoms with Gasteiger partial charge in [-0.25, -0.2) is 0 Å². The Morgan fingerprint density at radius 3 is 3.06 bits per heavy atom. The van der Waals surface area contributed by atoms with Gasteiger partial charge in [-0.05, 0) is 28.4 Å². The number of hydrogen-bond acceptors (Lipinski definition) is 4. The van der Waals surface area contributed by atoms with Crippen LogP contribution in [0.2, 0.25) is 0 Å². The van der Waals surface area contributed by atoms with Crippen LogP contribution in [0.3, 0.4) is 0 Å². The molecule has 1 aromatic heterocycles. The van der Waals surface area contributed by atoms with E-state index in [1.807, 2.05) is 11.4 Å². The van der Waals surface area contributed by atoms with Crippen molar-refractivity contribution in [2.24, 2.45) is 5.92 Å². The summed E-state index contributed by atoms with van der Waals surface area (Å²) in [6.07, 6.45) is 0.940. The van der Waals surface area contributed by atoms with E-state index >= 15 is 0 Å². The van der Waals surface area contributed by atoms with E-state index in [0.29, 0.717) is 19.5 Å². The lowest BCUT2D eigenvalue weighted by molar-refractivity contribution is -0.121. The van der Waals surface area contributed by atoms with Crippen LogP contribution in [0.1, 0.15) is 11.3 Å². The fraction of sp³-hybridized carbons (Fsp3) is 0.583. The van der Waals surface area contributed by atoms with Crippen molar-refractivity contribution in [3.8, 4) is 0 Å². The number of hydrogen-bond donors (Lipinski definition) is 3. The minimum absolute atomic E-state index is 0.0543. The average Bonchev–Trinajstić information content (AvgIpc) is 2.93. The van der Waals surface area contributed by atoms with Crippen LogP contribution in [0.4, 0.5) is 0 Å². The highest BCUT2D eigenvalue weighted by molar-refractivity contribution is 9.10. The van der Waals surface area contributed by atoms with E-state index in [1.165, 1.54) is 4.88 Å². The van der Waals surface area contributed by atoms with Crippen molar-refractivity contribution in [1.82, 2.24) is 10.6 Å². The SMILES string of the molecule is O=C(CCc1cc(Br)cs1)NCC1CNCC1O. The van der Waals surface area contributed by atoms with E-state index in [1.54, 1.807) is 11.3 Å². The van der Waals surface area contributed by atoms with Gasteiger partial charge in [-0.2, -0.15) is 0 Å². The summed E-state index contributed by atoms with van der Waals surface area (Å²) in [6, 6.07) is 2.04. The van der Waals surface area contributed by atoms with E-state index in [0.717, 1.165) is 17.4 Å². The number of carbonyl (C=O) groups is 1. The first kappa shape index (κ1) is 14.0. The molecule has 2 rings (SSSR count). The number of thiophene rings is 1. The molecule has 2 unspecified atom stereocenters. The topological polar surface area (TPSA) is 61.4 Å². The second-order valence-corrected chi connectivity index (χ2v) is 6.43. The van der Waals surface area contributed by atoms with Crippen LogP contribution >= 0.6 is 27.3 Å². The monoisotopic (exact) mass is 332 g/mol. The zero-order valence-corrected chi connectivity index (χ0v) is 12.4. The molecule has 2 heterocycles. The molecule has 4 nitrogen and oxygen atoms in total. The lowest BCUT2D eigenvalue weighted by atomic mass is 10.1. The van der Waals surface area contributed by atoms with Crippen LogP contribution in [0, 0.1) is 5.92 Å². The molecule has 3 N–H and O–H groups in total. The van der Waals surface area contributed by atoms with Crippen molar-refractivity contribution in [3.05, 3.63) is 20.8 Å². The van der Waals surface area contributed by atoms with Gasteiger partial charge in [0, 0.05) is 46.7 Å². The van der Waals surface area contributed by atoms with Crippen LogP contribution in [0.15, 0.2) is 15.9 Å². The summed E-state index contributed by atoms with van der Waals surface area (Å²) in [5.41, 5.74) is 0. The van der Waals surface area contributed by atoms with E-state index in [9.17, 15) is 9.90 Å². The molecule has 1 saturated heterocycles. The number of nitrogens with one attached hydrogen (secondary N) is 2. The number of halogens is 1. The van der Waals surface area contributed by atoms with Gasteiger partial charge in [0.05, 0.1) is 6.10 Å². The summed E-state index contributed by atoms with van der Waals surface area (Å²) < 4.78 is 1.07. The molecule has 1 aliphatic rings. The minimum Gasteiger partial charge on any atom is -0.391 e. The number of β-amino-alcohol motifs (C(OH)–C–C–N with tert-alkyl or cyclic N) is 1. The van der Waals surface area contributed by atoms with Gasteiger partial charge in [-0.1, -0.05) is 0 Å². The Bertz CT molecular complexity index is 411. The molecule has 1 aromatic rings. The molecule has 0 radical (unpaired) electrons. The van der Waals surface area contributed by atoms with E-state index in [-0.39, 0.29) is 17.9 Å². The number of carbonyl (C=O) groups excluding carboxylic acids is 1. The smallest absolute Gasteiger partial charge is 0.220 e. The Labute approximate surface area is 119 Å². The van der Waals surface area contributed by atoms with Crippen LogP contribution in [-0.4, -0.2) is 36.8 Å². The highest BCUT2D eigenvalue weighted by atomic mass is 79.9. The van der Waals surface area contributed by atoms with Crippen molar-refractivity contribution < 1.29 is 9.90 Å². The summed E-state index contributed by atoms with van der Waals surface area (Å²) in [5.74, 6) is 0.198. The summed E-state index contributed by atoms with van der Waals surface area (Å²) in [4.78, 5) is 12.9. The van der Waals surface area contributed by atoms with Crippen LogP contribution < -0.4 is 10.6 Å². The van der Waals surface area contributed by atoms with Gasteiger partial charge >= 0.3 is 0 Å². The largest absolute Gasteiger partial charge is 0.391 e. The number of rotatable bonds is 5. The predicted octanol–water partition coefficient (Wildman–Crippen LogP) is 1.14. The van der Waals surface area contributed by atoms with Gasteiger partial charge < -0.3 is 15.7 Å². The molecule has 0 saturated carbocycles. The van der Waals surface area contributed by atoms with Gasteiger partial charge in [0.2, 0.25) is 5.91 Å². The molecule has 18 heavy (non-hydrogen) atoms. The summed E-state index contributed by atoms with van der Waals surface area (Å²) >= 11 is 5.05. The van der Waals surface area contributed by atoms with E-state index in [4.69, 9.17) is 0 Å². The lowest BCUT2D eigenvalue weighted by Gasteiger charge is -2.13. The molecule has 0 bridgehead atoms. The average molecular weight is 333 g/mol. The molecule has 0 aromatic carbocycles. The molecule has 6 heteroatoms. The first-order valence-electron chi connectivity index (χ1n) is 6.03. The predicted molar refractivity (Wildman–Crippen MR) is 75.7 cm³/mol. The first-order valence-corrected chi connectivity index (χ1v) is 7.71. The molecule has 1 amide bonds. The Morgan fingerprint density at radius 1 is 1.61 bits per heavy atom. The Morgan fingerprint density at radius 2 is 2.44 bits per heavy atom. The van der Waals surface area contributed by atoms with Gasteiger partial charge in [0.15, 0.2) is 0 Å². The Kier molecular flexibility index (Phi) is 5.17. The third kappa shape index (κ3) is 4.05. The normalized spacial score (nSPS) is 23.2. The molecule has 100 valence electrons. The van der Waals surface area contributed by atoms with Crippen molar-refractivity contribution in [2.45, 2.75) is 18.9 Å². The molecule has 1 aliphatic heterocycles. The molecular formula is C12H17BrN2O2S. The number of aliphatic hydroxyl groups excluding tert-OH is 1. The Balaban J connectivity index is 1.66. The van der Waals surface area contributed by atoms with Crippen molar-refractivity contribution >= 4 is 33.2 Å². The molecule has 2 atom stereocenters. The van der Waals surface area contributed by atoms with Gasteiger partial charge in [0.25, 0.3) is 0 Å². The molecule has 0 spiro atoms. The fourth-order valence-corrected chi connectivity index (χ4v) is 3.44. The lowest BCUT2D eigenvalue weighted by Crippen LogP contribution is -2.34. The van der Waals surface area contributed by atoms with Gasteiger partial charge in [-0.3, -0.25) is 4.79 Å². The zero-order valence-electron chi connectivity index (χ0n) is 9.99. The maximum atomic E-state index is 11.7. The maximum absolute atomic E-state index is 11.7. The van der Waals surface area contributed by atoms with Crippen LogP contribution in [-0.2, 0) is 11.2 Å². The van der Waals surface area contributed by atoms with Crippen LogP contribution in [0.25, 0.3) is 0 Å². The van der Waals surface area contributed by atoms with Gasteiger partial charge in [-0.15, -0.1) is 11.3 Å². The Hall–Kier alpha value is -0.430. The molecule has 1 fully saturated rings. The summed E-state index contributed by atoms with van der Waals surface area (Å²) in [6.45, 7) is 1.96. The minimum atomic E-state index is -0.335. The maximum Gasteiger partial charge on any atom is 0.220 e. The third-order valence-electron chi connectivity index (χ3n) is 3.09. The molecular weight excluding hydrogens is 316 g/mol. The summed E-state index contributed by atoms with van der Waals surface area (Å²) in [5, 5.41) is 17.6. The first-order chi connectivity index (χ1) is 8.65. The zero-order chi connectivity index (χ0) is 13.0. The standard InChI is InChI=1S/C12H17BrN2O2S/c13-9-3-10(18-7-9)1-2-12(17)15-5-8-4-14-6-11(8)16/h3,7-8,11,14,16H,1-2,4-6H2,(H,15,17). The third-order valence-corrected chi connectivity index (χ3v) is 4.84. The van der Waals surface area contributed by atoms with E-state index in [2.05, 4.69) is 26.6 Å². The number of aliphatic hydroxyl groups is 1. The van der Waals surface area contributed by atoms with Gasteiger partial charge in [0.1, 0.15) is 0 Å². The highest BCUT2D eigenvalue weighted by Gasteiger charge is 2.24. The summed E-state index contributed by atoms with van der Waals surface area (Å²) in [7, 11) is 0. The highest BCUT2D eigenvalue weighted by Crippen LogP contribution is 2.20. The number of aryl methyl sites for hydroxylation is 1. The quantitative estimate of drug-likeness (QED) is 0.757. The fourth-order valence-electron chi connectivity index (χ4n) is 1.98. The second-order valence-electron chi connectivity index (χ2n) is 4.52. The van der Waals surface area contributed by atoms with E-state index < -0.39 is 0 Å². The van der Waals surface area contributed by atoms with Crippen LogP contribution in [0.5, 0.6) is 0 Å². The van der Waals surface area contributed by atoms with Crippen molar-refractivity contribution in [2.75, 3.05) is 19.6 Å². The van der Waals surface area contributed by atoms with Crippen molar-refractivity contribution in [3.63, 3.8) is 0 Å². The second kappa shape index (κ2) is 6.65. The van der Waals surface area contributed by atoms with Crippen molar-refractivity contribution in [1.29, 1.82) is 0 Å². The number of amides is 1.